The summed E-state index contributed by atoms with van der Waals surface area (Å²) in [4.78, 5) is 0.898. The molecule has 0 aliphatic carbocycles. The molecule has 19 heavy (non-hydrogen) atoms. The topological polar surface area (TPSA) is 57.6 Å². The maximum absolute atomic E-state index is 12.6. The van der Waals surface area contributed by atoms with E-state index in [1.165, 1.54) is 11.3 Å². The standard InChI is InChI=1S/C13H23NO3S2/c1-10(2)9-14(11(3)4)19(16,17)13-6-5-12(18-13)7-8-15/h5-6,10-11,15H,7-9H2,1-4H3. The maximum Gasteiger partial charge on any atom is 0.252 e. The fourth-order valence-electron chi connectivity index (χ4n) is 1.80. The van der Waals surface area contributed by atoms with Gasteiger partial charge in [0.2, 0.25) is 0 Å². The van der Waals surface area contributed by atoms with E-state index in [4.69, 9.17) is 5.11 Å². The summed E-state index contributed by atoms with van der Waals surface area (Å²) in [7, 11) is -3.42. The zero-order chi connectivity index (χ0) is 14.6. The Balaban J connectivity index is 3.04. The number of sulfonamides is 1. The van der Waals surface area contributed by atoms with Gasteiger partial charge in [0.1, 0.15) is 4.21 Å². The summed E-state index contributed by atoms with van der Waals surface area (Å²) in [5.74, 6) is 0.286. The van der Waals surface area contributed by atoms with E-state index in [-0.39, 0.29) is 18.6 Å². The summed E-state index contributed by atoms with van der Waals surface area (Å²) in [6.07, 6.45) is 0.506. The predicted molar refractivity (Wildman–Crippen MR) is 79.0 cm³/mol. The van der Waals surface area contributed by atoms with Crippen LogP contribution in [-0.4, -0.2) is 37.0 Å². The van der Waals surface area contributed by atoms with Crippen LogP contribution in [0.15, 0.2) is 16.3 Å². The van der Waals surface area contributed by atoms with Gasteiger partial charge in [0.05, 0.1) is 0 Å². The number of nitrogens with zero attached hydrogens (tertiary/aromatic N) is 1. The molecule has 0 saturated heterocycles. The van der Waals surface area contributed by atoms with E-state index >= 15 is 0 Å². The van der Waals surface area contributed by atoms with E-state index in [0.29, 0.717) is 17.2 Å². The molecule has 6 heteroatoms. The van der Waals surface area contributed by atoms with Crippen LogP contribution >= 0.6 is 11.3 Å². The van der Waals surface area contributed by atoms with Crippen molar-refractivity contribution >= 4 is 21.4 Å². The molecule has 0 amide bonds. The predicted octanol–water partition coefficient (Wildman–Crippen LogP) is 2.34. The highest BCUT2D eigenvalue weighted by Crippen LogP contribution is 2.27. The van der Waals surface area contributed by atoms with E-state index in [2.05, 4.69) is 0 Å². The molecule has 1 N–H and O–H groups in total. The van der Waals surface area contributed by atoms with Crippen LogP contribution in [-0.2, 0) is 16.4 Å². The molecule has 0 fully saturated rings. The summed E-state index contributed by atoms with van der Waals surface area (Å²) in [6.45, 7) is 8.37. The van der Waals surface area contributed by atoms with E-state index in [1.807, 2.05) is 27.7 Å². The van der Waals surface area contributed by atoms with Crippen LogP contribution in [0.5, 0.6) is 0 Å². The van der Waals surface area contributed by atoms with Crippen LogP contribution in [0.3, 0.4) is 0 Å². The molecule has 1 heterocycles. The normalized spacial score (nSPS) is 12.8. The Kier molecular flexibility index (Phi) is 5.98. The first-order chi connectivity index (χ1) is 8.78. The molecule has 0 spiro atoms. The van der Waals surface area contributed by atoms with Gasteiger partial charge < -0.3 is 5.11 Å². The Bertz CT molecular complexity index is 492. The van der Waals surface area contributed by atoms with Gasteiger partial charge in [-0.25, -0.2) is 8.42 Å². The molecule has 0 bridgehead atoms. The first kappa shape index (κ1) is 16.6. The van der Waals surface area contributed by atoms with E-state index in [1.54, 1.807) is 16.4 Å². The number of hydrogen-bond acceptors (Lipinski definition) is 4. The lowest BCUT2D eigenvalue weighted by Gasteiger charge is -2.26. The highest BCUT2D eigenvalue weighted by Gasteiger charge is 2.28. The minimum Gasteiger partial charge on any atom is -0.396 e. The highest BCUT2D eigenvalue weighted by atomic mass is 32.2. The molecular weight excluding hydrogens is 282 g/mol. The van der Waals surface area contributed by atoms with Crippen molar-refractivity contribution in [1.29, 1.82) is 0 Å². The first-order valence-corrected chi connectivity index (χ1v) is 8.76. The third kappa shape index (κ3) is 4.27. The smallest absolute Gasteiger partial charge is 0.252 e. The van der Waals surface area contributed by atoms with Crippen LogP contribution in [0, 0.1) is 5.92 Å². The lowest BCUT2D eigenvalue weighted by molar-refractivity contribution is 0.300. The van der Waals surface area contributed by atoms with Crippen LogP contribution < -0.4 is 0 Å². The van der Waals surface area contributed by atoms with Gasteiger partial charge in [0.25, 0.3) is 10.0 Å². The molecule has 4 nitrogen and oxygen atoms in total. The Morgan fingerprint density at radius 1 is 1.26 bits per heavy atom. The zero-order valence-electron chi connectivity index (χ0n) is 12.0. The van der Waals surface area contributed by atoms with Crippen molar-refractivity contribution in [2.45, 2.75) is 44.4 Å². The number of hydrogen-bond donors (Lipinski definition) is 1. The summed E-state index contributed by atoms with van der Waals surface area (Å²) >= 11 is 1.25. The Labute approximate surface area is 120 Å². The number of rotatable bonds is 7. The molecule has 0 saturated carbocycles. The van der Waals surface area contributed by atoms with E-state index in [9.17, 15) is 8.42 Å². The third-order valence-electron chi connectivity index (χ3n) is 2.68. The molecule has 0 radical (unpaired) electrons. The van der Waals surface area contributed by atoms with E-state index in [0.717, 1.165) is 4.88 Å². The van der Waals surface area contributed by atoms with Crippen LogP contribution in [0.1, 0.15) is 32.6 Å². The highest BCUT2D eigenvalue weighted by molar-refractivity contribution is 7.91. The van der Waals surface area contributed by atoms with Crippen molar-refractivity contribution in [2.24, 2.45) is 5.92 Å². The molecule has 1 rings (SSSR count). The van der Waals surface area contributed by atoms with Gasteiger partial charge in [-0.05, 0) is 31.9 Å². The van der Waals surface area contributed by atoms with Crippen molar-refractivity contribution in [3.8, 4) is 0 Å². The molecule has 110 valence electrons. The Morgan fingerprint density at radius 2 is 1.89 bits per heavy atom. The molecular formula is C13H23NO3S2. The largest absolute Gasteiger partial charge is 0.396 e. The van der Waals surface area contributed by atoms with Crippen molar-refractivity contribution in [1.82, 2.24) is 4.31 Å². The zero-order valence-corrected chi connectivity index (χ0v) is 13.6. The van der Waals surface area contributed by atoms with Gasteiger partial charge in [-0.15, -0.1) is 11.3 Å². The van der Waals surface area contributed by atoms with Gasteiger partial charge in [0.15, 0.2) is 0 Å². The molecule has 0 aliphatic heterocycles. The fraction of sp³-hybridized carbons (Fsp3) is 0.692. The SMILES string of the molecule is CC(C)CN(C(C)C)S(=O)(=O)c1ccc(CCO)s1. The van der Waals surface area contributed by atoms with Crippen molar-refractivity contribution in [3.05, 3.63) is 17.0 Å². The minimum absolute atomic E-state index is 0.0416. The molecule has 1 aromatic rings. The molecule has 0 unspecified atom stereocenters. The van der Waals surface area contributed by atoms with Crippen LogP contribution in [0.25, 0.3) is 0 Å². The van der Waals surface area contributed by atoms with E-state index < -0.39 is 10.0 Å². The van der Waals surface area contributed by atoms with Crippen molar-refractivity contribution < 1.29 is 13.5 Å². The first-order valence-electron chi connectivity index (χ1n) is 6.50. The fourth-order valence-corrected chi connectivity index (χ4v) is 5.08. The summed E-state index contributed by atoms with van der Waals surface area (Å²) in [5.41, 5.74) is 0. The number of aliphatic hydroxyl groups is 1. The van der Waals surface area contributed by atoms with Crippen LogP contribution in [0.2, 0.25) is 0 Å². The summed E-state index contributed by atoms with van der Waals surface area (Å²) < 4.78 is 27.1. The van der Waals surface area contributed by atoms with Gasteiger partial charge in [0, 0.05) is 30.5 Å². The summed E-state index contributed by atoms with van der Waals surface area (Å²) in [5, 5.41) is 8.89. The summed E-state index contributed by atoms with van der Waals surface area (Å²) in [6, 6.07) is 3.36. The molecule has 0 aliphatic rings. The Morgan fingerprint density at radius 3 is 2.37 bits per heavy atom. The average molecular weight is 305 g/mol. The second-order valence-corrected chi connectivity index (χ2v) is 8.54. The quantitative estimate of drug-likeness (QED) is 0.841. The number of aliphatic hydroxyl groups excluding tert-OH is 1. The molecule has 1 aromatic heterocycles. The second-order valence-electron chi connectivity index (χ2n) is 5.26. The lowest BCUT2D eigenvalue weighted by Crippen LogP contribution is -2.39. The average Bonchev–Trinajstić information content (AvgIpc) is 2.75. The minimum atomic E-state index is -3.42. The Hall–Kier alpha value is -0.430. The second kappa shape index (κ2) is 6.83. The third-order valence-corrected chi connectivity index (χ3v) is 6.33. The van der Waals surface area contributed by atoms with Gasteiger partial charge in [-0.1, -0.05) is 13.8 Å². The van der Waals surface area contributed by atoms with Gasteiger partial charge in [-0.3, -0.25) is 0 Å². The monoisotopic (exact) mass is 305 g/mol. The maximum atomic E-state index is 12.6. The molecule has 0 aromatic carbocycles. The van der Waals surface area contributed by atoms with Gasteiger partial charge >= 0.3 is 0 Å². The number of thiophene rings is 1. The van der Waals surface area contributed by atoms with Gasteiger partial charge in [-0.2, -0.15) is 4.31 Å². The van der Waals surface area contributed by atoms with Crippen LogP contribution in [0.4, 0.5) is 0 Å². The van der Waals surface area contributed by atoms with Crippen molar-refractivity contribution in [3.63, 3.8) is 0 Å². The lowest BCUT2D eigenvalue weighted by atomic mass is 10.2. The molecule has 0 atom stereocenters. The van der Waals surface area contributed by atoms with Crippen molar-refractivity contribution in [2.75, 3.05) is 13.2 Å².